The molecule has 0 unspecified atom stereocenters. The van der Waals surface area contributed by atoms with Crippen molar-refractivity contribution in [1.29, 1.82) is 0 Å². The Morgan fingerprint density at radius 3 is 2.70 bits per heavy atom. The summed E-state index contributed by atoms with van der Waals surface area (Å²) in [4.78, 5) is 15.1. The number of hydrogen-bond acceptors (Lipinski definition) is 7. The van der Waals surface area contributed by atoms with Crippen LogP contribution in [0.2, 0.25) is 0 Å². The van der Waals surface area contributed by atoms with Crippen molar-refractivity contribution in [2.75, 3.05) is 44.1 Å². The van der Waals surface area contributed by atoms with Gasteiger partial charge in [0.2, 0.25) is 11.9 Å². The number of nitrogens with zero attached hydrogens (tertiary/aromatic N) is 4. The molecule has 0 bridgehead atoms. The molecule has 0 spiro atoms. The van der Waals surface area contributed by atoms with Crippen LogP contribution in [0.15, 0.2) is 0 Å². The second kappa shape index (κ2) is 7.23. The van der Waals surface area contributed by atoms with Crippen LogP contribution in [0.5, 0.6) is 6.01 Å². The Balaban J connectivity index is 2.15. The fourth-order valence-corrected chi connectivity index (χ4v) is 2.11. The van der Waals surface area contributed by atoms with Crippen molar-refractivity contribution in [3.63, 3.8) is 0 Å². The molecular formula is C13H23N5O2. The molecule has 1 N–H and O–H groups in total. The molecule has 0 aliphatic carbocycles. The topological polar surface area (TPSA) is 72.4 Å². The Morgan fingerprint density at radius 1 is 1.30 bits per heavy atom. The van der Waals surface area contributed by atoms with E-state index in [1.807, 2.05) is 7.05 Å². The van der Waals surface area contributed by atoms with Crippen molar-refractivity contribution in [1.82, 2.24) is 15.0 Å². The van der Waals surface area contributed by atoms with Gasteiger partial charge in [-0.1, -0.05) is 6.92 Å². The van der Waals surface area contributed by atoms with Crippen molar-refractivity contribution in [3.05, 3.63) is 0 Å². The molecule has 1 aliphatic heterocycles. The predicted octanol–water partition coefficient (Wildman–Crippen LogP) is 1.32. The largest absolute Gasteiger partial charge is 0.463 e. The highest BCUT2D eigenvalue weighted by atomic mass is 16.5. The van der Waals surface area contributed by atoms with Crippen LogP contribution in [0, 0.1) is 0 Å². The maximum absolute atomic E-state index is 5.52. The second-order valence-corrected chi connectivity index (χ2v) is 4.79. The fourth-order valence-electron chi connectivity index (χ4n) is 2.11. The van der Waals surface area contributed by atoms with Gasteiger partial charge in [-0.15, -0.1) is 0 Å². The van der Waals surface area contributed by atoms with E-state index in [0.717, 1.165) is 32.5 Å². The molecule has 0 amide bonds. The maximum atomic E-state index is 5.52. The molecule has 112 valence electrons. The first-order valence-corrected chi connectivity index (χ1v) is 7.11. The van der Waals surface area contributed by atoms with E-state index in [2.05, 4.69) is 32.1 Å². The summed E-state index contributed by atoms with van der Waals surface area (Å²) in [6.07, 6.45) is 2.90. The van der Waals surface area contributed by atoms with Crippen LogP contribution < -0.4 is 15.0 Å². The van der Waals surface area contributed by atoms with Crippen LogP contribution in [-0.2, 0) is 4.74 Å². The van der Waals surface area contributed by atoms with Crippen molar-refractivity contribution < 1.29 is 9.47 Å². The molecule has 1 fully saturated rings. The molecule has 0 atom stereocenters. The highest BCUT2D eigenvalue weighted by molar-refractivity contribution is 5.38. The Hall–Kier alpha value is -1.63. The first kappa shape index (κ1) is 14.8. The molecule has 0 radical (unpaired) electrons. The van der Waals surface area contributed by atoms with Gasteiger partial charge >= 0.3 is 6.01 Å². The molecule has 1 aromatic rings. The Morgan fingerprint density at radius 2 is 2.05 bits per heavy atom. The third-order valence-electron chi connectivity index (χ3n) is 3.32. The highest BCUT2D eigenvalue weighted by Gasteiger charge is 2.21. The van der Waals surface area contributed by atoms with Gasteiger partial charge in [-0.2, -0.15) is 15.0 Å². The molecule has 0 saturated carbocycles. The minimum absolute atomic E-state index is 0.375. The van der Waals surface area contributed by atoms with Crippen molar-refractivity contribution in [2.45, 2.75) is 32.2 Å². The summed E-state index contributed by atoms with van der Waals surface area (Å²) in [5.41, 5.74) is 0. The molecule has 7 nitrogen and oxygen atoms in total. The lowest BCUT2D eigenvalue weighted by atomic mass is 10.1. The maximum Gasteiger partial charge on any atom is 0.323 e. The molecule has 0 aromatic carbocycles. The van der Waals surface area contributed by atoms with Crippen molar-refractivity contribution >= 4 is 11.9 Å². The molecule has 2 rings (SSSR count). The average Bonchev–Trinajstić information content (AvgIpc) is 2.52. The summed E-state index contributed by atoms with van der Waals surface area (Å²) in [5.74, 6) is 1.17. The molecule has 20 heavy (non-hydrogen) atoms. The molecule has 1 aliphatic rings. The summed E-state index contributed by atoms with van der Waals surface area (Å²) in [5, 5.41) is 2.95. The van der Waals surface area contributed by atoms with Crippen LogP contribution in [0.4, 0.5) is 11.9 Å². The standard InChI is InChI=1S/C13H23N5O2/c1-4-7-20-13-16-11(14-2)15-12(17-13)18(3)10-5-8-19-9-6-10/h10H,4-9H2,1-3H3,(H,14,15,16,17). The van der Waals surface area contributed by atoms with E-state index in [9.17, 15) is 0 Å². The number of rotatable bonds is 6. The second-order valence-electron chi connectivity index (χ2n) is 4.79. The van der Waals surface area contributed by atoms with E-state index in [1.54, 1.807) is 7.05 Å². The summed E-state index contributed by atoms with van der Waals surface area (Å²) in [6, 6.07) is 0.773. The minimum atomic E-state index is 0.375. The lowest BCUT2D eigenvalue weighted by Crippen LogP contribution is -2.37. The zero-order valence-corrected chi connectivity index (χ0v) is 12.4. The summed E-state index contributed by atoms with van der Waals surface area (Å²) >= 11 is 0. The lowest BCUT2D eigenvalue weighted by Gasteiger charge is -2.31. The molecule has 2 heterocycles. The predicted molar refractivity (Wildman–Crippen MR) is 77.4 cm³/mol. The quantitative estimate of drug-likeness (QED) is 0.843. The fraction of sp³-hybridized carbons (Fsp3) is 0.769. The SMILES string of the molecule is CCCOc1nc(NC)nc(N(C)C2CCOCC2)n1. The van der Waals surface area contributed by atoms with Gasteiger partial charge < -0.3 is 19.7 Å². The van der Waals surface area contributed by atoms with Crippen LogP contribution in [-0.4, -0.2) is 54.9 Å². The van der Waals surface area contributed by atoms with E-state index in [0.29, 0.717) is 30.6 Å². The number of anilines is 2. The van der Waals surface area contributed by atoms with Gasteiger partial charge in [0.1, 0.15) is 0 Å². The Bertz CT molecular complexity index is 423. The molecular weight excluding hydrogens is 258 g/mol. The third-order valence-corrected chi connectivity index (χ3v) is 3.32. The zero-order valence-electron chi connectivity index (χ0n) is 12.4. The van der Waals surface area contributed by atoms with Crippen LogP contribution in [0.3, 0.4) is 0 Å². The summed E-state index contributed by atoms with van der Waals surface area (Å²) < 4.78 is 10.9. The zero-order chi connectivity index (χ0) is 14.4. The molecule has 1 saturated heterocycles. The third kappa shape index (κ3) is 3.69. The van der Waals surface area contributed by atoms with Gasteiger partial charge in [-0.05, 0) is 19.3 Å². The Kier molecular flexibility index (Phi) is 5.34. The normalized spacial score (nSPS) is 15.9. The van der Waals surface area contributed by atoms with Gasteiger partial charge in [0.05, 0.1) is 6.61 Å². The van der Waals surface area contributed by atoms with Gasteiger partial charge in [0, 0.05) is 33.4 Å². The van der Waals surface area contributed by atoms with Crippen LogP contribution in [0.1, 0.15) is 26.2 Å². The average molecular weight is 281 g/mol. The van der Waals surface area contributed by atoms with Crippen molar-refractivity contribution in [3.8, 4) is 6.01 Å². The number of hydrogen-bond donors (Lipinski definition) is 1. The smallest absolute Gasteiger partial charge is 0.323 e. The van der Waals surface area contributed by atoms with Crippen LogP contribution >= 0.6 is 0 Å². The lowest BCUT2D eigenvalue weighted by molar-refractivity contribution is 0.0852. The van der Waals surface area contributed by atoms with E-state index >= 15 is 0 Å². The highest BCUT2D eigenvalue weighted by Crippen LogP contribution is 2.20. The minimum Gasteiger partial charge on any atom is -0.463 e. The van der Waals surface area contributed by atoms with Gasteiger partial charge in [-0.3, -0.25) is 0 Å². The van der Waals surface area contributed by atoms with Gasteiger partial charge in [-0.25, -0.2) is 0 Å². The van der Waals surface area contributed by atoms with Crippen molar-refractivity contribution in [2.24, 2.45) is 0 Å². The van der Waals surface area contributed by atoms with Gasteiger partial charge in [0.25, 0.3) is 0 Å². The molecule has 1 aromatic heterocycles. The van der Waals surface area contributed by atoms with Crippen LogP contribution in [0.25, 0.3) is 0 Å². The number of ether oxygens (including phenoxy) is 2. The first-order valence-electron chi connectivity index (χ1n) is 7.11. The number of nitrogens with one attached hydrogen (secondary N) is 1. The number of aromatic nitrogens is 3. The molecule has 7 heteroatoms. The summed E-state index contributed by atoms with van der Waals surface area (Å²) in [7, 11) is 3.80. The van der Waals surface area contributed by atoms with E-state index in [-0.39, 0.29) is 0 Å². The van der Waals surface area contributed by atoms with Gasteiger partial charge in [0.15, 0.2) is 0 Å². The Labute approximate surface area is 119 Å². The van der Waals surface area contributed by atoms with E-state index in [4.69, 9.17) is 9.47 Å². The monoisotopic (exact) mass is 281 g/mol. The van der Waals surface area contributed by atoms with E-state index < -0.39 is 0 Å². The summed E-state index contributed by atoms with van der Waals surface area (Å²) in [6.45, 7) is 4.24. The first-order chi connectivity index (χ1) is 9.74. The van der Waals surface area contributed by atoms with E-state index in [1.165, 1.54) is 0 Å².